The second-order valence-electron chi connectivity index (χ2n) is 6.09. The summed E-state index contributed by atoms with van der Waals surface area (Å²) >= 11 is 0. The Balaban J connectivity index is 1.47. The van der Waals surface area contributed by atoms with Crippen LogP contribution in [0, 0.1) is 0 Å². The van der Waals surface area contributed by atoms with Crippen molar-refractivity contribution >= 4 is 17.5 Å². The van der Waals surface area contributed by atoms with E-state index in [0.717, 1.165) is 18.4 Å². The summed E-state index contributed by atoms with van der Waals surface area (Å²) in [6.45, 7) is 1.03. The second kappa shape index (κ2) is 8.33. The molecule has 2 aromatic rings. The number of rotatable bonds is 6. The SMILES string of the molecule is O=C(Cc1ccc2c(c1)NC(=O)CCO2)NCCCc1ccccc1. The van der Waals surface area contributed by atoms with Gasteiger partial charge >= 0.3 is 0 Å². The molecule has 0 bridgehead atoms. The summed E-state index contributed by atoms with van der Waals surface area (Å²) in [4.78, 5) is 23.7. The van der Waals surface area contributed by atoms with Gasteiger partial charge in [-0.3, -0.25) is 9.59 Å². The highest BCUT2D eigenvalue weighted by Gasteiger charge is 2.14. The zero-order chi connectivity index (χ0) is 17.5. The van der Waals surface area contributed by atoms with Crippen LogP contribution >= 0.6 is 0 Å². The van der Waals surface area contributed by atoms with Crippen LogP contribution < -0.4 is 15.4 Å². The molecule has 0 atom stereocenters. The minimum Gasteiger partial charge on any atom is -0.491 e. The zero-order valence-corrected chi connectivity index (χ0v) is 14.1. The molecule has 5 nitrogen and oxygen atoms in total. The van der Waals surface area contributed by atoms with Gasteiger partial charge in [-0.25, -0.2) is 0 Å². The number of hydrogen-bond acceptors (Lipinski definition) is 3. The van der Waals surface area contributed by atoms with E-state index in [4.69, 9.17) is 4.74 Å². The third-order valence-electron chi connectivity index (χ3n) is 4.08. The molecule has 5 heteroatoms. The molecule has 0 aliphatic carbocycles. The molecule has 3 rings (SSSR count). The molecule has 0 aromatic heterocycles. The lowest BCUT2D eigenvalue weighted by atomic mass is 10.1. The van der Waals surface area contributed by atoms with Crippen LogP contribution in [0.15, 0.2) is 48.5 Å². The van der Waals surface area contributed by atoms with Crippen LogP contribution in [0.1, 0.15) is 24.0 Å². The van der Waals surface area contributed by atoms with Crippen LogP contribution in [-0.2, 0) is 22.4 Å². The first-order chi connectivity index (χ1) is 12.2. The van der Waals surface area contributed by atoms with Crippen LogP contribution in [0.25, 0.3) is 0 Å². The summed E-state index contributed by atoms with van der Waals surface area (Å²) in [5, 5.41) is 5.76. The van der Waals surface area contributed by atoms with E-state index in [-0.39, 0.29) is 18.2 Å². The molecule has 0 saturated heterocycles. The van der Waals surface area contributed by atoms with Gasteiger partial charge in [-0.15, -0.1) is 0 Å². The quantitative estimate of drug-likeness (QED) is 0.796. The first-order valence-corrected chi connectivity index (χ1v) is 8.57. The molecule has 2 aromatic carbocycles. The molecule has 1 heterocycles. The largest absolute Gasteiger partial charge is 0.491 e. The molecule has 2 amide bonds. The van der Waals surface area contributed by atoms with Gasteiger partial charge in [-0.2, -0.15) is 0 Å². The van der Waals surface area contributed by atoms with Crippen molar-refractivity contribution in [1.82, 2.24) is 5.32 Å². The summed E-state index contributed by atoms with van der Waals surface area (Å²) in [7, 11) is 0. The second-order valence-corrected chi connectivity index (χ2v) is 6.09. The lowest BCUT2D eigenvalue weighted by Crippen LogP contribution is -2.26. The van der Waals surface area contributed by atoms with E-state index in [2.05, 4.69) is 22.8 Å². The molecule has 0 spiro atoms. The number of hydrogen-bond donors (Lipinski definition) is 2. The molecule has 130 valence electrons. The number of ether oxygens (including phenoxy) is 1. The average molecular weight is 338 g/mol. The summed E-state index contributed by atoms with van der Waals surface area (Å²) in [6, 6.07) is 15.7. The number of carbonyl (C=O) groups excluding carboxylic acids is 2. The third-order valence-corrected chi connectivity index (χ3v) is 4.08. The van der Waals surface area contributed by atoms with E-state index < -0.39 is 0 Å². The average Bonchev–Trinajstić information content (AvgIpc) is 2.80. The predicted molar refractivity (Wildman–Crippen MR) is 96.7 cm³/mol. The maximum atomic E-state index is 12.1. The van der Waals surface area contributed by atoms with Crippen molar-refractivity contribution in [2.24, 2.45) is 0 Å². The van der Waals surface area contributed by atoms with E-state index >= 15 is 0 Å². The number of fused-ring (bicyclic) bond motifs is 1. The molecular formula is C20H22N2O3. The summed E-state index contributed by atoms with van der Waals surface area (Å²) in [5.41, 5.74) is 2.76. The van der Waals surface area contributed by atoms with Crippen molar-refractivity contribution in [2.75, 3.05) is 18.5 Å². The number of carbonyl (C=O) groups is 2. The van der Waals surface area contributed by atoms with Crippen molar-refractivity contribution in [3.05, 3.63) is 59.7 Å². The first-order valence-electron chi connectivity index (χ1n) is 8.57. The number of benzene rings is 2. The van der Waals surface area contributed by atoms with E-state index in [9.17, 15) is 9.59 Å². The van der Waals surface area contributed by atoms with E-state index in [1.54, 1.807) is 6.07 Å². The smallest absolute Gasteiger partial charge is 0.227 e. The Kier molecular flexibility index (Phi) is 5.67. The Labute approximate surface area is 147 Å². The van der Waals surface area contributed by atoms with Crippen molar-refractivity contribution in [3.63, 3.8) is 0 Å². The minimum atomic E-state index is -0.0683. The van der Waals surface area contributed by atoms with Gasteiger partial charge in [0.25, 0.3) is 0 Å². The molecule has 0 radical (unpaired) electrons. The maximum absolute atomic E-state index is 12.1. The fraction of sp³-hybridized carbons (Fsp3) is 0.300. The zero-order valence-electron chi connectivity index (χ0n) is 14.1. The Bertz CT molecular complexity index is 744. The van der Waals surface area contributed by atoms with Crippen LogP contribution in [0.3, 0.4) is 0 Å². The Morgan fingerprint density at radius 2 is 1.96 bits per heavy atom. The van der Waals surface area contributed by atoms with Gasteiger partial charge in [0.05, 0.1) is 25.1 Å². The molecule has 0 unspecified atom stereocenters. The first kappa shape index (κ1) is 17.0. The normalized spacial score (nSPS) is 13.2. The van der Waals surface area contributed by atoms with Gasteiger partial charge in [0.15, 0.2) is 0 Å². The fourth-order valence-corrected chi connectivity index (χ4v) is 2.79. The van der Waals surface area contributed by atoms with Gasteiger partial charge in [-0.1, -0.05) is 36.4 Å². The summed E-state index contributed by atoms with van der Waals surface area (Å²) in [6.07, 6.45) is 2.48. The van der Waals surface area contributed by atoms with Crippen molar-refractivity contribution < 1.29 is 14.3 Å². The monoisotopic (exact) mass is 338 g/mol. The Hall–Kier alpha value is -2.82. The standard InChI is InChI=1S/C20H22N2O3/c23-19-10-12-25-18-9-8-16(13-17(18)22-19)14-20(24)21-11-4-7-15-5-2-1-3-6-15/h1-3,5-6,8-9,13H,4,7,10-12,14H2,(H,21,24)(H,22,23). The highest BCUT2D eigenvalue weighted by atomic mass is 16.5. The van der Waals surface area contributed by atoms with Gasteiger partial charge in [0.2, 0.25) is 11.8 Å². The topological polar surface area (TPSA) is 67.4 Å². The number of nitrogens with one attached hydrogen (secondary N) is 2. The molecule has 1 aliphatic heterocycles. The molecule has 2 N–H and O–H groups in total. The van der Waals surface area contributed by atoms with Gasteiger partial charge < -0.3 is 15.4 Å². The van der Waals surface area contributed by atoms with Gasteiger partial charge in [0, 0.05) is 6.54 Å². The van der Waals surface area contributed by atoms with Crippen LogP contribution in [0.4, 0.5) is 5.69 Å². The van der Waals surface area contributed by atoms with Crippen molar-refractivity contribution in [1.29, 1.82) is 0 Å². The van der Waals surface area contributed by atoms with Crippen LogP contribution in [0.5, 0.6) is 5.75 Å². The third kappa shape index (κ3) is 5.08. The predicted octanol–water partition coefficient (Wildman–Crippen LogP) is 2.70. The maximum Gasteiger partial charge on any atom is 0.227 e. The van der Waals surface area contributed by atoms with Crippen molar-refractivity contribution in [2.45, 2.75) is 25.7 Å². The minimum absolute atomic E-state index is 0.0196. The Morgan fingerprint density at radius 3 is 2.80 bits per heavy atom. The van der Waals surface area contributed by atoms with E-state index in [0.29, 0.717) is 31.0 Å². The molecule has 0 saturated carbocycles. The Morgan fingerprint density at radius 1 is 1.12 bits per heavy atom. The van der Waals surface area contributed by atoms with E-state index in [1.807, 2.05) is 30.3 Å². The molecular weight excluding hydrogens is 316 g/mol. The van der Waals surface area contributed by atoms with E-state index in [1.165, 1.54) is 5.56 Å². The number of amides is 2. The van der Waals surface area contributed by atoms with Gasteiger partial charge in [-0.05, 0) is 36.1 Å². The van der Waals surface area contributed by atoms with Crippen LogP contribution in [0.2, 0.25) is 0 Å². The highest BCUT2D eigenvalue weighted by molar-refractivity contribution is 5.93. The summed E-state index contributed by atoms with van der Waals surface area (Å²) < 4.78 is 5.52. The van der Waals surface area contributed by atoms with Crippen molar-refractivity contribution in [3.8, 4) is 5.75 Å². The van der Waals surface area contributed by atoms with Crippen LogP contribution in [-0.4, -0.2) is 25.0 Å². The molecule has 1 aliphatic rings. The lowest BCUT2D eigenvalue weighted by Gasteiger charge is -2.10. The molecule has 25 heavy (non-hydrogen) atoms. The highest BCUT2D eigenvalue weighted by Crippen LogP contribution is 2.28. The molecule has 0 fully saturated rings. The fourth-order valence-electron chi connectivity index (χ4n) is 2.79. The van der Waals surface area contributed by atoms with Gasteiger partial charge in [0.1, 0.15) is 5.75 Å². The number of anilines is 1. The lowest BCUT2D eigenvalue weighted by molar-refractivity contribution is -0.120. The summed E-state index contributed by atoms with van der Waals surface area (Å²) in [5.74, 6) is 0.563. The number of aryl methyl sites for hydroxylation is 1.